The Morgan fingerprint density at radius 3 is 3.26 bits per heavy atom. The Kier molecular flexibility index (Phi) is 5.35. The second-order valence-electron chi connectivity index (χ2n) is 4.53. The number of hydrogen-bond donors (Lipinski definition) is 1. The average molecular weight is 266 g/mol. The number of anilines is 1. The van der Waals surface area contributed by atoms with Crippen molar-refractivity contribution in [2.45, 2.75) is 19.4 Å². The van der Waals surface area contributed by atoms with Crippen LogP contribution >= 0.6 is 0 Å². The van der Waals surface area contributed by atoms with Gasteiger partial charge in [-0.05, 0) is 13.0 Å². The highest BCUT2D eigenvalue weighted by atomic mass is 16.5. The molecule has 1 unspecified atom stereocenters. The van der Waals surface area contributed by atoms with Gasteiger partial charge in [0, 0.05) is 25.4 Å². The standard InChI is InChI=1S/C13H22N4O2/c1-3-5-14-9-11-10-19-8-7-17(11)13-15-6-4-12(16-13)18-2/h4,6,11,14H,3,5,7-10H2,1-2H3. The first-order valence-electron chi connectivity index (χ1n) is 6.77. The SMILES string of the molecule is CCCNCC1COCCN1c1nccc(OC)n1. The lowest BCUT2D eigenvalue weighted by atomic mass is 10.2. The fraction of sp³-hybridized carbons (Fsp3) is 0.692. The molecule has 19 heavy (non-hydrogen) atoms. The molecule has 1 atom stereocenters. The van der Waals surface area contributed by atoms with Crippen LogP contribution in [0.15, 0.2) is 12.3 Å². The Morgan fingerprint density at radius 1 is 1.58 bits per heavy atom. The second-order valence-corrected chi connectivity index (χ2v) is 4.53. The van der Waals surface area contributed by atoms with Crippen LogP contribution in [-0.2, 0) is 4.74 Å². The van der Waals surface area contributed by atoms with E-state index >= 15 is 0 Å². The summed E-state index contributed by atoms with van der Waals surface area (Å²) in [6.45, 7) is 6.29. The molecule has 1 fully saturated rings. The van der Waals surface area contributed by atoms with Crippen molar-refractivity contribution in [1.29, 1.82) is 0 Å². The van der Waals surface area contributed by atoms with Crippen molar-refractivity contribution in [1.82, 2.24) is 15.3 Å². The Hall–Kier alpha value is -1.40. The summed E-state index contributed by atoms with van der Waals surface area (Å²) in [5, 5.41) is 3.42. The van der Waals surface area contributed by atoms with Gasteiger partial charge in [-0.3, -0.25) is 0 Å². The van der Waals surface area contributed by atoms with Crippen LogP contribution in [0.5, 0.6) is 5.88 Å². The second kappa shape index (κ2) is 7.25. The molecule has 6 nitrogen and oxygen atoms in total. The van der Waals surface area contributed by atoms with Gasteiger partial charge in [0.15, 0.2) is 0 Å². The molecule has 1 aromatic rings. The molecule has 0 aliphatic carbocycles. The van der Waals surface area contributed by atoms with E-state index in [0.29, 0.717) is 25.0 Å². The van der Waals surface area contributed by atoms with Crippen molar-refractivity contribution in [2.24, 2.45) is 0 Å². The van der Waals surface area contributed by atoms with Crippen LogP contribution in [0.25, 0.3) is 0 Å². The zero-order valence-corrected chi connectivity index (χ0v) is 11.6. The maximum absolute atomic E-state index is 5.55. The summed E-state index contributed by atoms with van der Waals surface area (Å²) < 4.78 is 10.7. The highest BCUT2D eigenvalue weighted by Gasteiger charge is 2.25. The first-order chi connectivity index (χ1) is 9.35. The van der Waals surface area contributed by atoms with Gasteiger partial charge in [-0.15, -0.1) is 0 Å². The lowest BCUT2D eigenvalue weighted by Gasteiger charge is -2.35. The maximum atomic E-state index is 5.55. The van der Waals surface area contributed by atoms with E-state index in [1.807, 2.05) is 0 Å². The predicted molar refractivity (Wildman–Crippen MR) is 73.7 cm³/mol. The number of rotatable bonds is 6. The van der Waals surface area contributed by atoms with E-state index in [2.05, 4.69) is 27.1 Å². The zero-order chi connectivity index (χ0) is 13.5. The van der Waals surface area contributed by atoms with E-state index in [0.717, 1.165) is 26.1 Å². The molecule has 0 saturated carbocycles. The molecule has 1 aliphatic rings. The fourth-order valence-electron chi connectivity index (χ4n) is 2.12. The third kappa shape index (κ3) is 3.78. The van der Waals surface area contributed by atoms with Crippen molar-refractivity contribution in [3.8, 4) is 5.88 Å². The van der Waals surface area contributed by atoms with E-state index in [-0.39, 0.29) is 6.04 Å². The topological polar surface area (TPSA) is 59.5 Å². The van der Waals surface area contributed by atoms with Crippen LogP contribution < -0.4 is 15.0 Å². The number of nitrogens with zero attached hydrogens (tertiary/aromatic N) is 3. The van der Waals surface area contributed by atoms with Crippen molar-refractivity contribution < 1.29 is 9.47 Å². The minimum atomic E-state index is 0.271. The molecule has 106 valence electrons. The van der Waals surface area contributed by atoms with Crippen molar-refractivity contribution in [2.75, 3.05) is 44.9 Å². The van der Waals surface area contributed by atoms with Crippen LogP contribution in [0.4, 0.5) is 5.95 Å². The van der Waals surface area contributed by atoms with Gasteiger partial charge in [-0.25, -0.2) is 4.98 Å². The monoisotopic (exact) mass is 266 g/mol. The van der Waals surface area contributed by atoms with E-state index in [9.17, 15) is 0 Å². The van der Waals surface area contributed by atoms with Gasteiger partial charge in [0.05, 0.1) is 26.4 Å². The van der Waals surface area contributed by atoms with E-state index in [1.165, 1.54) is 0 Å². The minimum Gasteiger partial charge on any atom is -0.481 e. The van der Waals surface area contributed by atoms with Gasteiger partial charge in [0.2, 0.25) is 11.8 Å². The van der Waals surface area contributed by atoms with Gasteiger partial charge >= 0.3 is 0 Å². The predicted octanol–water partition coefficient (Wildman–Crippen LogP) is 0.690. The Bertz CT molecular complexity index is 389. The summed E-state index contributed by atoms with van der Waals surface area (Å²) in [5.74, 6) is 1.31. The van der Waals surface area contributed by atoms with Gasteiger partial charge in [-0.1, -0.05) is 6.92 Å². The van der Waals surface area contributed by atoms with Gasteiger partial charge < -0.3 is 19.7 Å². The third-order valence-electron chi connectivity index (χ3n) is 3.12. The normalized spacial score (nSPS) is 19.5. The number of morpholine rings is 1. The number of nitrogens with one attached hydrogen (secondary N) is 1. The van der Waals surface area contributed by atoms with Crippen LogP contribution in [-0.4, -0.2) is 56.0 Å². The highest BCUT2D eigenvalue weighted by Crippen LogP contribution is 2.17. The number of aromatic nitrogens is 2. The smallest absolute Gasteiger partial charge is 0.229 e. The quantitative estimate of drug-likeness (QED) is 0.765. The lowest BCUT2D eigenvalue weighted by Crippen LogP contribution is -2.51. The Labute approximate surface area is 114 Å². The molecule has 0 aromatic carbocycles. The van der Waals surface area contributed by atoms with Gasteiger partial charge in [-0.2, -0.15) is 4.98 Å². The summed E-state index contributed by atoms with van der Waals surface area (Å²) in [5.41, 5.74) is 0. The van der Waals surface area contributed by atoms with E-state index in [1.54, 1.807) is 19.4 Å². The Balaban J connectivity index is 2.05. The minimum absolute atomic E-state index is 0.271. The number of ether oxygens (including phenoxy) is 2. The maximum Gasteiger partial charge on any atom is 0.229 e. The summed E-state index contributed by atoms with van der Waals surface area (Å²) >= 11 is 0. The largest absolute Gasteiger partial charge is 0.481 e. The van der Waals surface area contributed by atoms with Crippen molar-refractivity contribution in [3.63, 3.8) is 0 Å². The molecule has 1 aliphatic heterocycles. The van der Waals surface area contributed by atoms with Gasteiger partial charge in [0.1, 0.15) is 0 Å². The van der Waals surface area contributed by atoms with Crippen LogP contribution in [0.2, 0.25) is 0 Å². The molecule has 1 N–H and O–H groups in total. The van der Waals surface area contributed by atoms with Crippen molar-refractivity contribution in [3.05, 3.63) is 12.3 Å². The molecule has 0 bridgehead atoms. The molecule has 2 rings (SSSR count). The molecule has 0 spiro atoms. The van der Waals surface area contributed by atoms with Crippen LogP contribution in [0.3, 0.4) is 0 Å². The van der Waals surface area contributed by atoms with Crippen LogP contribution in [0.1, 0.15) is 13.3 Å². The number of methoxy groups -OCH3 is 1. The molecular formula is C13H22N4O2. The first kappa shape index (κ1) is 14.0. The molecule has 1 saturated heterocycles. The summed E-state index contributed by atoms with van der Waals surface area (Å²) in [6.07, 6.45) is 2.86. The lowest BCUT2D eigenvalue weighted by molar-refractivity contribution is 0.0928. The summed E-state index contributed by atoms with van der Waals surface area (Å²) in [7, 11) is 1.62. The van der Waals surface area contributed by atoms with E-state index in [4.69, 9.17) is 9.47 Å². The molecule has 2 heterocycles. The van der Waals surface area contributed by atoms with E-state index < -0.39 is 0 Å². The molecule has 0 radical (unpaired) electrons. The molecule has 0 amide bonds. The fourth-order valence-corrected chi connectivity index (χ4v) is 2.12. The zero-order valence-electron chi connectivity index (χ0n) is 11.6. The third-order valence-corrected chi connectivity index (χ3v) is 3.12. The highest BCUT2D eigenvalue weighted by molar-refractivity contribution is 5.34. The Morgan fingerprint density at radius 2 is 2.47 bits per heavy atom. The van der Waals surface area contributed by atoms with Crippen LogP contribution in [0, 0.1) is 0 Å². The molecular weight excluding hydrogens is 244 g/mol. The molecule has 1 aromatic heterocycles. The summed E-state index contributed by atoms with van der Waals surface area (Å²) in [6, 6.07) is 2.03. The van der Waals surface area contributed by atoms with Crippen molar-refractivity contribution >= 4 is 5.95 Å². The van der Waals surface area contributed by atoms with Gasteiger partial charge in [0.25, 0.3) is 0 Å². The summed E-state index contributed by atoms with van der Waals surface area (Å²) in [4.78, 5) is 10.9. The molecule has 6 heteroatoms. The number of hydrogen-bond acceptors (Lipinski definition) is 6. The first-order valence-corrected chi connectivity index (χ1v) is 6.77. The average Bonchev–Trinajstić information content (AvgIpc) is 2.48.